The van der Waals surface area contributed by atoms with Gasteiger partial charge in [-0.3, -0.25) is 0 Å². The Morgan fingerprint density at radius 3 is 2.64 bits per heavy atom. The minimum atomic E-state index is 0. The molecule has 0 unspecified atom stereocenters. The van der Waals surface area contributed by atoms with E-state index in [2.05, 4.69) is 31.3 Å². The molecule has 0 saturated carbocycles. The van der Waals surface area contributed by atoms with Crippen LogP contribution in [0.5, 0.6) is 0 Å². The molecule has 14 heavy (non-hydrogen) atoms. The van der Waals surface area contributed by atoms with Crippen molar-refractivity contribution in [2.75, 3.05) is 6.54 Å². The molecule has 0 atom stereocenters. The molecule has 0 aliphatic heterocycles. The summed E-state index contributed by atoms with van der Waals surface area (Å²) in [6.07, 6.45) is 3.96. The fourth-order valence-corrected chi connectivity index (χ4v) is 2.15. The fraction of sp³-hybridized carbons (Fsp3) is 0.636. The first-order chi connectivity index (χ1) is 6.33. The lowest BCUT2D eigenvalue weighted by molar-refractivity contribution is 0.620. The Bertz CT molecular complexity index is 235. The molecule has 82 valence electrons. The van der Waals surface area contributed by atoms with E-state index in [0.717, 1.165) is 13.1 Å². The van der Waals surface area contributed by atoms with E-state index in [1.165, 1.54) is 29.0 Å². The molecule has 0 amide bonds. The predicted molar refractivity (Wildman–Crippen MR) is 67.5 cm³/mol. The van der Waals surface area contributed by atoms with E-state index in [-0.39, 0.29) is 12.4 Å². The van der Waals surface area contributed by atoms with Crippen LogP contribution in [0.3, 0.4) is 0 Å². The molecule has 0 bridgehead atoms. The van der Waals surface area contributed by atoms with E-state index in [1.54, 1.807) is 0 Å². The summed E-state index contributed by atoms with van der Waals surface area (Å²) in [5.74, 6) is 0. The van der Waals surface area contributed by atoms with Crippen molar-refractivity contribution in [1.82, 2.24) is 5.32 Å². The van der Waals surface area contributed by atoms with Gasteiger partial charge in [-0.15, -0.1) is 23.7 Å². The van der Waals surface area contributed by atoms with Gasteiger partial charge in [-0.05, 0) is 32.0 Å². The van der Waals surface area contributed by atoms with E-state index >= 15 is 0 Å². The van der Waals surface area contributed by atoms with Crippen molar-refractivity contribution in [3.05, 3.63) is 21.9 Å². The van der Waals surface area contributed by atoms with E-state index in [9.17, 15) is 0 Å². The molecule has 1 N–H and O–H groups in total. The summed E-state index contributed by atoms with van der Waals surface area (Å²) in [6, 6.07) is 4.40. The molecular weight excluding hydrogens is 214 g/mol. The molecule has 0 fully saturated rings. The highest BCUT2D eigenvalue weighted by atomic mass is 35.5. The fourth-order valence-electron chi connectivity index (χ4n) is 1.29. The van der Waals surface area contributed by atoms with Crippen LogP contribution in [0.4, 0.5) is 0 Å². The molecule has 3 heteroatoms. The lowest BCUT2D eigenvalue weighted by Crippen LogP contribution is -2.13. The third kappa shape index (κ3) is 5.63. The van der Waals surface area contributed by atoms with Crippen molar-refractivity contribution in [2.45, 2.75) is 39.7 Å². The van der Waals surface area contributed by atoms with Crippen LogP contribution < -0.4 is 5.32 Å². The lowest BCUT2D eigenvalue weighted by atomic mass is 10.2. The number of nitrogens with one attached hydrogen (secondary N) is 1. The van der Waals surface area contributed by atoms with Crippen molar-refractivity contribution in [1.29, 1.82) is 0 Å². The van der Waals surface area contributed by atoms with Gasteiger partial charge in [-0.1, -0.05) is 19.8 Å². The maximum atomic E-state index is 3.46. The Balaban J connectivity index is 0.00000169. The Kier molecular flexibility index (Phi) is 8.24. The van der Waals surface area contributed by atoms with Gasteiger partial charge in [0.05, 0.1) is 0 Å². The van der Waals surface area contributed by atoms with Crippen molar-refractivity contribution < 1.29 is 0 Å². The lowest BCUT2D eigenvalue weighted by Gasteiger charge is -2.01. The van der Waals surface area contributed by atoms with Crippen LogP contribution in [0.15, 0.2) is 12.1 Å². The zero-order chi connectivity index (χ0) is 9.52. The average Bonchev–Trinajstić information content (AvgIpc) is 2.51. The quantitative estimate of drug-likeness (QED) is 0.738. The molecule has 0 aliphatic carbocycles. The van der Waals surface area contributed by atoms with Gasteiger partial charge in [-0.25, -0.2) is 0 Å². The molecule has 1 aromatic heterocycles. The van der Waals surface area contributed by atoms with Gasteiger partial charge in [0.2, 0.25) is 0 Å². The molecule has 0 saturated heterocycles. The van der Waals surface area contributed by atoms with Crippen molar-refractivity contribution >= 4 is 23.7 Å². The second-order valence-electron chi connectivity index (χ2n) is 3.40. The molecule has 0 aromatic carbocycles. The maximum Gasteiger partial charge on any atom is 0.0299 e. The molecular formula is C11H20ClNS. The van der Waals surface area contributed by atoms with Gasteiger partial charge in [0, 0.05) is 16.3 Å². The Hall–Kier alpha value is -0.0500. The third-order valence-electron chi connectivity index (χ3n) is 2.05. The first-order valence-corrected chi connectivity index (χ1v) is 5.90. The third-order valence-corrected chi connectivity index (χ3v) is 3.05. The smallest absolute Gasteiger partial charge is 0.0299 e. The number of halogens is 1. The topological polar surface area (TPSA) is 12.0 Å². The number of hydrogen-bond acceptors (Lipinski definition) is 2. The van der Waals surface area contributed by atoms with Crippen LogP contribution in [0.2, 0.25) is 0 Å². The SMILES string of the molecule is CCCCCNCc1ccc(C)s1.Cl. The van der Waals surface area contributed by atoms with Crippen LogP contribution in [-0.2, 0) is 6.54 Å². The molecule has 1 aromatic rings. The van der Waals surface area contributed by atoms with Gasteiger partial charge in [0.1, 0.15) is 0 Å². The Morgan fingerprint density at radius 1 is 1.29 bits per heavy atom. The number of hydrogen-bond donors (Lipinski definition) is 1. The molecule has 0 aliphatic rings. The van der Waals surface area contributed by atoms with E-state index < -0.39 is 0 Å². The summed E-state index contributed by atoms with van der Waals surface area (Å²) < 4.78 is 0. The summed E-state index contributed by atoms with van der Waals surface area (Å²) in [5, 5.41) is 3.46. The first kappa shape index (κ1) is 13.9. The van der Waals surface area contributed by atoms with E-state index in [1.807, 2.05) is 11.3 Å². The zero-order valence-electron chi connectivity index (χ0n) is 9.01. The first-order valence-electron chi connectivity index (χ1n) is 5.09. The highest BCUT2D eigenvalue weighted by molar-refractivity contribution is 7.11. The van der Waals surface area contributed by atoms with Crippen LogP contribution in [0.1, 0.15) is 35.9 Å². The second-order valence-corrected chi connectivity index (χ2v) is 4.77. The molecule has 0 spiro atoms. The average molecular weight is 234 g/mol. The minimum Gasteiger partial charge on any atom is -0.312 e. The standard InChI is InChI=1S/C11H19NS.ClH/c1-3-4-5-8-12-9-11-7-6-10(2)13-11;/h6-7,12H,3-5,8-9H2,1-2H3;1H. The maximum absolute atomic E-state index is 3.46. The highest BCUT2D eigenvalue weighted by Gasteiger charge is 1.94. The second kappa shape index (κ2) is 8.27. The van der Waals surface area contributed by atoms with Gasteiger partial charge in [0.15, 0.2) is 0 Å². The van der Waals surface area contributed by atoms with Gasteiger partial charge < -0.3 is 5.32 Å². The largest absolute Gasteiger partial charge is 0.312 e. The van der Waals surface area contributed by atoms with Crippen LogP contribution in [0.25, 0.3) is 0 Å². The molecule has 0 radical (unpaired) electrons. The van der Waals surface area contributed by atoms with E-state index in [0.29, 0.717) is 0 Å². The van der Waals surface area contributed by atoms with Crippen molar-refractivity contribution in [3.8, 4) is 0 Å². The van der Waals surface area contributed by atoms with Gasteiger partial charge in [0.25, 0.3) is 0 Å². The predicted octanol–water partition coefficient (Wildman–Crippen LogP) is 3.76. The minimum absolute atomic E-state index is 0. The monoisotopic (exact) mass is 233 g/mol. The number of unbranched alkanes of at least 4 members (excludes halogenated alkanes) is 2. The van der Waals surface area contributed by atoms with Crippen molar-refractivity contribution in [3.63, 3.8) is 0 Å². The van der Waals surface area contributed by atoms with Crippen LogP contribution in [-0.4, -0.2) is 6.54 Å². The Labute approximate surface area is 97.3 Å². The number of rotatable bonds is 6. The molecule has 1 heterocycles. The van der Waals surface area contributed by atoms with Crippen LogP contribution >= 0.6 is 23.7 Å². The summed E-state index contributed by atoms with van der Waals surface area (Å²) in [7, 11) is 0. The van der Waals surface area contributed by atoms with Crippen molar-refractivity contribution in [2.24, 2.45) is 0 Å². The Morgan fingerprint density at radius 2 is 2.07 bits per heavy atom. The van der Waals surface area contributed by atoms with Gasteiger partial charge in [-0.2, -0.15) is 0 Å². The summed E-state index contributed by atoms with van der Waals surface area (Å²) >= 11 is 1.89. The normalized spacial score (nSPS) is 9.86. The summed E-state index contributed by atoms with van der Waals surface area (Å²) in [6.45, 7) is 6.60. The zero-order valence-corrected chi connectivity index (χ0v) is 10.6. The van der Waals surface area contributed by atoms with Crippen LogP contribution in [0, 0.1) is 6.92 Å². The molecule has 1 rings (SSSR count). The van der Waals surface area contributed by atoms with Gasteiger partial charge >= 0.3 is 0 Å². The summed E-state index contributed by atoms with van der Waals surface area (Å²) in [4.78, 5) is 2.86. The number of aryl methyl sites for hydroxylation is 1. The molecule has 1 nitrogen and oxygen atoms in total. The number of thiophene rings is 1. The van der Waals surface area contributed by atoms with E-state index in [4.69, 9.17) is 0 Å². The summed E-state index contributed by atoms with van der Waals surface area (Å²) in [5.41, 5.74) is 0. The highest BCUT2D eigenvalue weighted by Crippen LogP contribution is 2.14.